The third-order valence-electron chi connectivity index (χ3n) is 2.04. The summed E-state index contributed by atoms with van der Waals surface area (Å²) < 4.78 is 0. The van der Waals surface area contributed by atoms with E-state index in [1.165, 1.54) is 0 Å². The number of halogens is 1. The largest absolute Gasteiger partial charge is 0.294 e. The number of carbonyl (C=O) groups is 1. The Morgan fingerprint density at radius 1 is 1.54 bits per heavy atom. The molecule has 1 aromatic rings. The van der Waals surface area contributed by atoms with Crippen LogP contribution >= 0.6 is 23.4 Å². The molecule has 1 aromatic carbocycles. The molecule has 0 N–H and O–H groups in total. The van der Waals surface area contributed by atoms with E-state index >= 15 is 0 Å². The van der Waals surface area contributed by atoms with Crippen LogP contribution in [-0.4, -0.2) is 11.0 Å². The molecule has 0 radical (unpaired) electrons. The van der Waals surface area contributed by atoms with Crippen LogP contribution in [0.3, 0.4) is 0 Å². The molecule has 3 heteroatoms. The molecule has 0 amide bonds. The van der Waals surface area contributed by atoms with E-state index in [4.69, 9.17) is 11.6 Å². The van der Waals surface area contributed by atoms with Crippen LogP contribution in [0.1, 0.15) is 23.7 Å². The number of hydrogen-bond donors (Lipinski definition) is 0. The second-order valence-electron chi connectivity index (χ2n) is 3.20. The third kappa shape index (κ3) is 1.74. The van der Waals surface area contributed by atoms with Gasteiger partial charge in [-0.25, -0.2) is 0 Å². The molecule has 1 nitrogen and oxygen atoms in total. The number of hydrogen-bond acceptors (Lipinski definition) is 2. The monoisotopic (exact) mass is 212 g/mol. The van der Waals surface area contributed by atoms with Gasteiger partial charge in [0.1, 0.15) is 0 Å². The summed E-state index contributed by atoms with van der Waals surface area (Å²) in [4.78, 5) is 12.6. The predicted molar refractivity (Wildman–Crippen MR) is 55.7 cm³/mol. The number of carbonyl (C=O) groups excluding carboxylic acids is 1. The van der Waals surface area contributed by atoms with Crippen LogP contribution < -0.4 is 0 Å². The van der Waals surface area contributed by atoms with Crippen molar-refractivity contribution in [1.29, 1.82) is 0 Å². The van der Waals surface area contributed by atoms with Gasteiger partial charge in [-0.15, -0.1) is 11.8 Å². The van der Waals surface area contributed by atoms with Crippen molar-refractivity contribution in [2.24, 2.45) is 0 Å². The highest BCUT2D eigenvalue weighted by atomic mass is 35.5. The number of thioether (sulfide) groups is 1. The Balaban J connectivity index is 2.49. The smallest absolute Gasteiger partial charge is 0.165 e. The maximum atomic E-state index is 11.6. The van der Waals surface area contributed by atoms with Gasteiger partial charge in [-0.2, -0.15) is 0 Å². The van der Waals surface area contributed by atoms with Gasteiger partial charge >= 0.3 is 0 Å². The Hall–Kier alpha value is -0.470. The van der Waals surface area contributed by atoms with Crippen molar-refractivity contribution in [3.8, 4) is 0 Å². The van der Waals surface area contributed by atoms with E-state index in [1.54, 1.807) is 17.8 Å². The molecule has 0 aliphatic carbocycles. The quantitative estimate of drug-likeness (QED) is 0.656. The molecular formula is C10H9ClOS. The summed E-state index contributed by atoms with van der Waals surface area (Å²) in [6.07, 6.45) is 0.623. The summed E-state index contributed by atoms with van der Waals surface area (Å²) in [6, 6.07) is 5.52. The Morgan fingerprint density at radius 3 is 3.08 bits per heavy atom. The molecule has 1 aliphatic rings. The first-order valence-corrected chi connectivity index (χ1v) is 5.42. The SMILES string of the molecule is CC1CC(=O)c2cc(Cl)ccc2S1. The van der Waals surface area contributed by atoms with E-state index in [-0.39, 0.29) is 5.78 Å². The zero-order valence-corrected chi connectivity index (χ0v) is 8.78. The van der Waals surface area contributed by atoms with E-state index in [1.807, 2.05) is 12.1 Å². The number of Topliss-reactive ketones (excluding diaryl/α,β-unsaturated/α-hetero) is 1. The van der Waals surface area contributed by atoms with E-state index in [0.717, 1.165) is 10.5 Å². The van der Waals surface area contributed by atoms with E-state index in [9.17, 15) is 4.79 Å². The molecule has 0 saturated carbocycles. The van der Waals surface area contributed by atoms with Gasteiger partial charge in [0, 0.05) is 27.2 Å². The van der Waals surface area contributed by atoms with Crippen molar-refractivity contribution in [3.05, 3.63) is 28.8 Å². The zero-order valence-electron chi connectivity index (χ0n) is 7.21. The minimum atomic E-state index is 0.212. The molecule has 1 aliphatic heterocycles. The Bertz CT molecular complexity index is 362. The van der Waals surface area contributed by atoms with Crippen LogP contribution in [0.5, 0.6) is 0 Å². The fourth-order valence-electron chi connectivity index (χ4n) is 1.45. The third-order valence-corrected chi connectivity index (χ3v) is 3.46. The van der Waals surface area contributed by atoms with Crippen LogP contribution in [0, 0.1) is 0 Å². The molecule has 0 aromatic heterocycles. The van der Waals surface area contributed by atoms with Crippen molar-refractivity contribution < 1.29 is 4.79 Å². The van der Waals surface area contributed by atoms with Crippen molar-refractivity contribution >= 4 is 29.1 Å². The maximum absolute atomic E-state index is 11.6. The number of fused-ring (bicyclic) bond motifs is 1. The first-order chi connectivity index (χ1) is 6.16. The van der Waals surface area contributed by atoms with Crippen molar-refractivity contribution in [1.82, 2.24) is 0 Å². The number of benzene rings is 1. The molecule has 1 heterocycles. The van der Waals surface area contributed by atoms with Crippen LogP contribution in [-0.2, 0) is 0 Å². The minimum Gasteiger partial charge on any atom is -0.294 e. The van der Waals surface area contributed by atoms with Gasteiger partial charge in [0.25, 0.3) is 0 Å². The second-order valence-corrected chi connectivity index (χ2v) is 5.11. The normalized spacial score (nSPS) is 21.4. The molecule has 0 spiro atoms. The molecule has 13 heavy (non-hydrogen) atoms. The lowest BCUT2D eigenvalue weighted by atomic mass is 10.1. The summed E-state index contributed by atoms with van der Waals surface area (Å²) in [5.41, 5.74) is 0.788. The zero-order chi connectivity index (χ0) is 9.42. The van der Waals surface area contributed by atoms with Gasteiger partial charge in [-0.05, 0) is 18.2 Å². The molecule has 2 rings (SSSR count). The topological polar surface area (TPSA) is 17.1 Å². The standard InChI is InChI=1S/C10H9ClOS/c1-6-4-9(12)8-5-7(11)2-3-10(8)13-6/h2-3,5-6H,4H2,1H3. The van der Waals surface area contributed by atoms with Gasteiger partial charge in [0.2, 0.25) is 0 Å². The summed E-state index contributed by atoms with van der Waals surface area (Å²) in [7, 11) is 0. The number of ketones is 1. The highest BCUT2D eigenvalue weighted by molar-refractivity contribution is 8.00. The molecule has 1 unspecified atom stereocenters. The predicted octanol–water partition coefficient (Wildman–Crippen LogP) is 3.41. The maximum Gasteiger partial charge on any atom is 0.165 e. The lowest BCUT2D eigenvalue weighted by molar-refractivity contribution is 0.0978. The summed E-state index contributed by atoms with van der Waals surface area (Å²) in [6.45, 7) is 2.07. The highest BCUT2D eigenvalue weighted by Gasteiger charge is 2.22. The molecule has 0 fully saturated rings. The average molecular weight is 213 g/mol. The second kappa shape index (κ2) is 3.35. The first-order valence-electron chi connectivity index (χ1n) is 4.16. The average Bonchev–Trinajstić information content (AvgIpc) is 2.06. The molecule has 0 saturated heterocycles. The van der Waals surface area contributed by atoms with Crippen molar-refractivity contribution in [2.45, 2.75) is 23.5 Å². The van der Waals surface area contributed by atoms with Crippen molar-refractivity contribution in [2.75, 3.05) is 0 Å². The fourth-order valence-corrected chi connectivity index (χ4v) is 2.74. The van der Waals surface area contributed by atoms with E-state index < -0.39 is 0 Å². The van der Waals surface area contributed by atoms with Gasteiger partial charge in [-0.3, -0.25) is 4.79 Å². The van der Waals surface area contributed by atoms with E-state index in [0.29, 0.717) is 16.7 Å². The van der Waals surface area contributed by atoms with Gasteiger partial charge < -0.3 is 0 Å². The summed E-state index contributed by atoms with van der Waals surface area (Å²) >= 11 is 7.56. The Morgan fingerprint density at radius 2 is 2.31 bits per heavy atom. The Kier molecular flexibility index (Phi) is 2.35. The molecule has 68 valence electrons. The molecule has 1 atom stereocenters. The van der Waals surface area contributed by atoms with Gasteiger partial charge in [0.05, 0.1) is 0 Å². The first kappa shape index (κ1) is 9.10. The van der Waals surface area contributed by atoms with Gasteiger partial charge in [-0.1, -0.05) is 18.5 Å². The fraction of sp³-hybridized carbons (Fsp3) is 0.300. The Labute approximate surface area is 86.5 Å². The van der Waals surface area contributed by atoms with Crippen LogP contribution in [0.25, 0.3) is 0 Å². The highest BCUT2D eigenvalue weighted by Crippen LogP contribution is 2.35. The lowest BCUT2D eigenvalue weighted by Gasteiger charge is -2.19. The van der Waals surface area contributed by atoms with Crippen molar-refractivity contribution in [3.63, 3.8) is 0 Å². The van der Waals surface area contributed by atoms with Crippen LogP contribution in [0.4, 0.5) is 0 Å². The molecule has 0 bridgehead atoms. The van der Waals surface area contributed by atoms with Crippen LogP contribution in [0.2, 0.25) is 5.02 Å². The summed E-state index contributed by atoms with van der Waals surface area (Å²) in [5, 5.41) is 1.03. The number of rotatable bonds is 0. The minimum absolute atomic E-state index is 0.212. The lowest BCUT2D eigenvalue weighted by Crippen LogP contribution is -2.14. The van der Waals surface area contributed by atoms with E-state index in [2.05, 4.69) is 6.92 Å². The van der Waals surface area contributed by atoms with Gasteiger partial charge in [0.15, 0.2) is 5.78 Å². The molecular weight excluding hydrogens is 204 g/mol. The van der Waals surface area contributed by atoms with Crippen LogP contribution in [0.15, 0.2) is 23.1 Å². The summed E-state index contributed by atoms with van der Waals surface area (Å²) in [5.74, 6) is 0.212.